The van der Waals surface area contributed by atoms with Gasteiger partial charge in [0.2, 0.25) is 12.1 Å². The summed E-state index contributed by atoms with van der Waals surface area (Å²) in [4.78, 5) is 17.8. The summed E-state index contributed by atoms with van der Waals surface area (Å²) in [5.74, 6) is -0.584. The Morgan fingerprint density at radius 2 is 2.24 bits per heavy atom. The maximum absolute atomic E-state index is 10.8. The summed E-state index contributed by atoms with van der Waals surface area (Å²) in [6.45, 7) is -0.486. The fourth-order valence-corrected chi connectivity index (χ4v) is 1.52. The quantitative estimate of drug-likeness (QED) is 0.686. The summed E-state index contributed by atoms with van der Waals surface area (Å²) in [5.41, 5.74) is 0.746. The second kappa shape index (κ2) is 4.75. The van der Waals surface area contributed by atoms with Gasteiger partial charge in [0.05, 0.1) is 12.0 Å². The van der Waals surface area contributed by atoms with Gasteiger partial charge in [-0.3, -0.25) is 5.32 Å². The zero-order chi connectivity index (χ0) is 12.3. The van der Waals surface area contributed by atoms with Crippen LogP contribution in [0.1, 0.15) is 0 Å². The molecule has 1 atom stereocenters. The number of hydrogen-bond donors (Lipinski definition) is 3. The second-order valence-corrected chi connectivity index (χ2v) is 3.51. The number of nitrogens with zero attached hydrogens (tertiary/aromatic N) is 1. The van der Waals surface area contributed by atoms with E-state index in [-0.39, 0.29) is 0 Å². The number of aliphatic carboxylic acids is 1. The maximum Gasteiger partial charge on any atom is 0.343 e. The molecule has 4 N–H and O–H groups in total. The summed E-state index contributed by atoms with van der Waals surface area (Å²) in [7, 11) is 0. The monoisotopic (exact) mass is 234 g/mol. The van der Waals surface area contributed by atoms with Gasteiger partial charge in [0.15, 0.2) is 11.6 Å². The lowest BCUT2D eigenvalue weighted by atomic mass is 10.2. The number of carboxylic acids is 1. The van der Waals surface area contributed by atoms with Crippen molar-refractivity contribution in [3.05, 3.63) is 30.6 Å². The van der Waals surface area contributed by atoms with Crippen LogP contribution in [0.2, 0.25) is 0 Å². The first-order chi connectivity index (χ1) is 8.22. The van der Waals surface area contributed by atoms with Gasteiger partial charge in [-0.05, 0) is 12.1 Å². The highest BCUT2D eigenvalue weighted by Gasteiger charge is 2.21. The molecule has 0 aliphatic rings. The summed E-state index contributed by atoms with van der Waals surface area (Å²) in [5, 5.41) is 21.3. The van der Waals surface area contributed by atoms with Crippen molar-refractivity contribution in [3.8, 4) is 0 Å². The minimum Gasteiger partial charge on any atom is -0.479 e. The van der Waals surface area contributed by atoms with E-state index < -0.39 is 18.6 Å². The smallest absolute Gasteiger partial charge is 0.343 e. The highest BCUT2D eigenvalue weighted by molar-refractivity contribution is 5.89. The lowest BCUT2D eigenvalue weighted by Crippen LogP contribution is -2.35. The summed E-state index contributed by atoms with van der Waals surface area (Å²) < 4.78 is 0. The van der Waals surface area contributed by atoms with Crippen LogP contribution in [0.4, 0.5) is 5.82 Å². The molecule has 0 radical (unpaired) electrons. The van der Waals surface area contributed by atoms with Crippen LogP contribution < -0.4 is 10.3 Å². The third kappa shape index (κ3) is 2.31. The van der Waals surface area contributed by atoms with Crippen molar-refractivity contribution in [2.45, 2.75) is 6.04 Å². The molecule has 0 fully saturated rings. The molecule has 0 saturated heterocycles. The lowest BCUT2D eigenvalue weighted by Gasteiger charge is -2.08. The molecule has 88 valence electrons. The first-order valence-electron chi connectivity index (χ1n) is 5.08. The van der Waals surface area contributed by atoms with Gasteiger partial charge in [0.1, 0.15) is 0 Å². The van der Waals surface area contributed by atoms with Gasteiger partial charge in [0, 0.05) is 0 Å². The molecular weight excluding hydrogens is 222 g/mol. The number of carbonyl (C=O) groups is 1. The number of aromatic nitrogens is 2. The van der Waals surface area contributed by atoms with E-state index in [2.05, 4.69) is 15.3 Å². The minimum atomic E-state index is -1.11. The fraction of sp³-hybridized carbons (Fsp3) is 0.182. The molecular formula is C11H12N3O3+. The van der Waals surface area contributed by atoms with E-state index in [1.165, 1.54) is 6.33 Å². The van der Waals surface area contributed by atoms with Crippen molar-refractivity contribution in [1.29, 1.82) is 0 Å². The molecule has 0 aliphatic heterocycles. The highest BCUT2D eigenvalue weighted by atomic mass is 16.4. The molecule has 1 heterocycles. The second-order valence-electron chi connectivity index (χ2n) is 3.51. The first kappa shape index (κ1) is 11.3. The number of benzene rings is 1. The maximum atomic E-state index is 10.8. The van der Waals surface area contributed by atoms with Crippen LogP contribution >= 0.6 is 0 Å². The number of aliphatic hydroxyl groups is 1. The Hall–Kier alpha value is -2.21. The van der Waals surface area contributed by atoms with Crippen LogP contribution in [0.15, 0.2) is 30.6 Å². The minimum absolute atomic E-state index is 0.486. The van der Waals surface area contributed by atoms with Gasteiger partial charge in [-0.1, -0.05) is 12.1 Å². The number of para-hydroxylation sites is 1. The zero-order valence-electron chi connectivity index (χ0n) is 8.92. The number of hydrogen-bond acceptors (Lipinski definition) is 4. The molecule has 1 unspecified atom stereocenters. The number of H-pyrrole nitrogens is 1. The molecule has 2 rings (SSSR count). The lowest BCUT2D eigenvalue weighted by molar-refractivity contribution is -0.364. The van der Waals surface area contributed by atoms with Crippen LogP contribution in [0.3, 0.4) is 0 Å². The topological polar surface area (TPSA) is 96.6 Å². The van der Waals surface area contributed by atoms with Crippen molar-refractivity contribution >= 4 is 22.7 Å². The average Bonchev–Trinajstić information content (AvgIpc) is 2.35. The van der Waals surface area contributed by atoms with E-state index in [1.807, 2.05) is 24.3 Å². The molecule has 0 bridgehead atoms. The molecule has 0 spiro atoms. The molecule has 0 aliphatic carbocycles. The number of nitrogens with one attached hydrogen (secondary N) is 2. The standard InChI is InChI=1S/C11H11N3O3/c15-5-9(11(16)17)14-10-7-3-1-2-4-8(7)12-6-13-10/h1-4,6,9,15H,5H2,(H,16,17)(H,12,13,14)/p+1. The summed E-state index contributed by atoms with van der Waals surface area (Å²) in [6, 6.07) is 6.27. The third-order valence-electron chi connectivity index (χ3n) is 2.39. The van der Waals surface area contributed by atoms with Gasteiger partial charge in [0.25, 0.3) is 0 Å². The predicted octanol–water partition coefficient (Wildman–Crippen LogP) is -0.0937. The third-order valence-corrected chi connectivity index (χ3v) is 2.39. The molecule has 1 aromatic carbocycles. The van der Waals surface area contributed by atoms with Crippen molar-refractivity contribution in [2.24, 2.45) is 0 Å². The first-order valence-corrected chi connectivity index (χ1v) is 5.08. The van der Waals surface area contributed by atoms with Crippen molar-refractivity contribution in [1.82, 2.24) is 4.98 Å². The number of anilines is 1. The highest BCUT2D eigenvalue weighted by Crippen LogP contribution is 2.16. The number of aromatic amines is 1. The van der Waals surface area contributed by atoms with Crippen LogP contribution in [-0.4, -0.2) is 33.8 Å². The van der Waals surface area contributed by atoms with Crippen LogP contribution in [0.25, 0.3) is 10.9 Å². The van der Waals surface area contributed by atoms with Crippen molar-refractivity contribution in [2.75, 3.05) is 11.9 Å². The molecule has 17 heavy (non-hydrogen) atoms. The van der Waals surface area contributed by atoms with Gasteiger partial charge in [-0.15, -0.1) is 4.98 Å². The predicted molar refractivity (Wildman–Crippen MR) is 60.4 cm³/mol. The van der Waals surface area contributed by atoms with E-state index in [1.54, 1.807) is 0 Å². The summed E-state index contributed by atoms with van der Waals surface area (Å²) in [6.07, 6.45) is 1.47. The van der Waals surface area contributed by atoms with Gasteiger partial charge >= 0.3 is 5.97 Å². The molecule has 6 nitrogen and oxygen atoms in total. The van der Waals surface area contributed by atoms with E-state index in [9.17, 15) is 4.79 Å². The van der Waals surface area contributed by atoms with Crippen LogP contribution in [0.5, 0.6) is 0 Å². The molecule has 6 heteroatoms. The van der Waals surface area contributed by atoms with E-state index in [0.29, 0.717) is 5.82 Å². The molecule has 0 amide bonds. The Kier molecular flexibility index (Phi) is 3.15. The molecule has 1 aromatic heterocycles. The number of rotatable bonds is 4. The Labute approximate surface area is 96.9 Å². The molecule has 0 saturated carbocycles. The van der Waals surface area contributed by atoms with E-state index in [0.717, 1.165) is 10.9 Å². The van der Waals surface area contributed by atoms with E-state index in [4.69, 9.17) is 10.2 Å². The van der Waals surface area contributed by atoms with Crippen molar-refractivity contribution < 1.29 is 20.0 Å². The Bertz CT molecular complexity index is 539. The SMILES string of the molecule is O=C(O)C(CO)Nc1[nH+]cnc2ccccc12. The van der Waals surface area contributed by atoms with Gasteiger partial charge in [-0.2, -0.15) is 0 Å². The normalized spacial score (nSPS) is 12.3. The van der Waals surface area contributed by atoms with Gasteiger partial charge in [-0.25, -0.2) is 9.78 Å². The van der Waals surface area contributed by atoms with Gasteiger partial charge < -0.3 is 10.2 Å². The number of aliphatic hydroxyl groups excluding tert-OH is 1. The fourth-order valence-electron chi connectivity index (χ4n) is 1.52. The van der Waals surface area contributed by atoms with Crippen molar-refractivity contribution in [3.63, 3.8) is 0 Å². The number of fused-ring (bicyclic) bond motifs is 1. The number of carboxylic acid groups (broad SMARTS) is 1. The van der Waals surface area contributed by atoms with E-state index >= 15 is 0 Å². The Morgan fingerprint density at radius 3 is 2.94 bits per heavy atom. The Balaban J connectivity index is 2.38. The average molecular weight is 234 g/mol. The Morgan fingerprint density at radius 1 is 1.47 bits per heavy atom. The van der Waals surface area contributed by atoms with Crippen LogP contribution in [-0.2, 0) is 4.79 Å². The molecule has 2 aromatic rings. The van der Waals surface area contributed by atoms with Crippen LogP contribution in [0, 0.1) is 0 Å². The largest absolute Gasteiger partial charge is 0.479 e. The summed E-state index contributed by atoms with van der Waals surface area (Å²) >= 11 is 0. The zero-order valence-corrected chi connectivity index (χ0v) is 8.92.